The van der Waals surface area contributed by atoms with Crippen LogP contribution in [0, 0.1) is 24.0 Å². The van der Waals surface area contributed by atoms with Gasteiger partial charge in [0.2, 0.25) is 0 Å². The molecule has 190 valence electrons. The van der Waals surface area contributed by atoms with E-state index in [1.807, 2.05) is 44.2 Å². The number of rotatable bonds is 9. The molecule has 0 unspecified atom stereocenters. The van der Waals surface area contributed by atoms with Crippen molar-refractivity contribution < 1.29 is 22.9 Å². The second-order valence-electron chi connectivity index (χ2n) is 8.77. The van der Waals surface area contributed by atoms with Gasteiger partial charge in [-0.25, -0.2) is 8.42 Å². The number of nitro groups is 1. The van der Waals surface area contributed by atoms with E-state index in [-0.39, 0.29) is 30.2 Å². The van der Waals surface area contributed by atoms with E-state index in [1.54, 1.807) is 30.3 Å². The fourth-order valence-electron chi connectivity index (χ4n) is 4.08. The molecule has 0 bridgehead atoms. The van der Waals surface area contributed by atoms with Crippen molar-refractivity contribution in [3.63, 3.8) is 0 Å². The zero-order chi connectivity index (χ0) is 26.6. The molecule has 0 fully saturated rings. The first kappa shape index (κ1) is 25.8. The molecule has 0 amide bonds. The average molecular weight is 519 g/mol. The van der Waals surface area contributed by atoms with Crippen molar-refractivity contribution in [1.29, 1.82) is 0 Å². The van der Waals surface area contributed by atoms with Crippen molar-refractivity contribution in [1.82, 2.24) is 0 Å². The molecule has 4 aromatic rings. The summed E-state index contributed by atoms with van der Waals surface area (Å²) in [7, 11) is -3.99. The Morgan fingerprint density at radius 1 is 0.892 bits per heavy atom. The summed E-state index contributed by atoms with van der Waals surface area (Å²) >= 11 is 0. The zero-order valence-corrected chi connectivity index (χ0v) is 21.3. The van der Waals surface area contributed by atoms with Crippen LogP contribution in [-0.2, 0) is 26.2 Å². The van der Waals surface area contributed by atoms with Gasteiger partial charge < -0.3 is 4.74 Å². The fourth-order valence-corrected chi connectivity index (χ4v) is 5.57. The summed E-state index contributed by atoms with van der Waals surface area (Å²) in [6.45, 7) is 3.58. The van der Waals surface area contributed by atoms with E-state index in [2.05, 4.69) is 0 Å². The number of anilines is 1. The minimum Gasteiger partial charge on any atom is -0.461 e. The number of benzene rings is 4. The average Bonchev–Trinajstić information content (AvgIpc) is 2.87. The number of nitro benzene ring substituents is 1. The van der Waals surface area contributed by atoms with Crippen LogP contribution < -0.4 is 4.31 Å². The lowest BCUT2D eigenvalue weighted by Crippen LogP contribution is -2.33. The molecule has 0 aliphatic carbocycles. The highest BCUT2D eigenvalue weighted by Gasteiger charge is 2.26. The number of aryl methyl sites for hydroxylation is 2. The highest BCUT2D eigenvalue weighted by atomic mass is 32.2. The summed E-state index contributed by atoms with van der Waals surface area (Å²) in [5, 5.41) is 12.5. The van der Waals surface area contributed by atoms with E-state index >= 15 is 0 Å². The standard InChI is InChI=1S/C28H26N2O6S/c1-20-15-21(2)17-26(16-20)29(37(34,35)27-12-9-23-5-3-4-6-24(23)18-27)14-13-28(31)36-19-22-7-10-25(11-8-22)30(32)33/h3-12,15-18H,13-14,19H2,1-2H3. The van der Waals surface area contributed by atoms with Crippen LogP contribution in [0.2, 0.25) is 0 Å². The van der Waals surface area contributed by atoms with Gasteiger partial charge in [0.1, 0.15) is 6.61 Å². The number of ether oxygens (including phenoxy) is 1. The number of non-ortho nitro benzene ring substituents is 1. The number of carbonyl (C=O) groups excluding carboxylic acids is 1. The molecule has 0 saturated heterocycles. The van der Waals surface area contributed by atoms with Crippen molar-refractivity contribution in [3.8, 4) is 0 Å². The monoisotopic (exact) mass is 518 g/mol. The maximum atomic E-state index is 13.8. The van der Waals surface area contributed by atoms with E-state index in [4.69, 9.17) is 4.74 Å². The van der Waals surface area contributed by atoms with E-state index in [0.717, 1.165) is 21.9 Å². The molecule has 37 heavy (non-hydrogen) atoms. The molecule has 0 aliphatic heterocycles. The summed E-state index contributed by atoms with van der Waals surface area (Å²) in [5.41, 5.74) is 2.80. The van der Waals surface area contributed by atoms with E-state index in [0.29, 0.717) is 11.3 Å². The van der Waals surface area contributed by atoms with Gasteiger partial charge in [-0.1, -0.05) is 36.4 Å². The highest BCUT2D eigenvalue weighted by Crippen LogP contribution is 2.28. The molecule has 0 saturated carbocycles. The SMILES string of the molecule is Cc1cc(C)cc(N(CCC(=O)OCc2ccc([N+](=O)[O-])cc2)S(=O)(=O)c2ccc3ccccc3c2)c1. The van der Waals surface area contributed by atoms with Crippen molar-refractivity contribution >= 4 is 38.1 Å². The van der Waals surface area contributed by atoms with Crippen molar-refractivity contribution in [3.05, 3.63) is 112 Å². The van der Waals surface area contributed by atoms with Crippen molar-refractivity contribution in [2.75, 3.05) is 10.8 Å². The molecule has 0 aliphatic rings. The van der Waals surface area contributed by atoms with Gasteiger partial charge in [-0.3, -0.25) is 19.2 Å². The number of sulfonamides is 1. The molecule has 8 nitrogen and oxygen atoms in total. The molecule has 4 aromatic carbocycles. The number of hydrogen-bond donors (Lipinski definition) is 0. The summed E-state index contributed by atoms with van der Waals surface area (Å²) in [6.07, 6.45) is -0.174. The molecule has 0 heterocycles. The fraction of sp³-hybridized carbons (Fsp3) is 0.179. The summed E-state index contributed by atoms with van der Waals surface area (Å²) < 4.78 is 34.1. The molecule has 4 rings (SSSR count). The smallest absolute Gasteiger partial charge is 0.307 e. The van der Waals surface area contributed by atoms with Crippen molar-refractivity contribution in [2.24, 2.45) is 0 Å². The normalized spacial score (nSPS) is 11.3. The van der Waals surface area contributed by atoms with Crippen LogP contribution in [0.1, 0.15) is 23.1 Å². The zero-order valence-electron chi connectivity index (χ0n) is 20.5. The number of hydrogen-bond acceptors (Lipinski definition) is 6. The van der Waals surface area contributed by atoms with E-state index in [1.165, 1.54) is 28.6 Å². The Hall–Kier alpha value is -4.24. The molecule has 0 atom stereocenters. The first-order valence-corrected chi connectivity index (χ1v) is 13.1. The quantitative estimate of drug-likeness (QED) is 0.160. The Bertz CT molecular complexity index is 1550. The van der Waals surface area contributed by atoms with E-state index < -0.39 is 20.9 Å². The summed E-state index contributed by atoms with van der Waals surface area (Å²) in [5.74, 6) is -0.582. The molecule has 0 radical (unpaired) electrons. The number of nitrogens with zero attached hydrogens (tertiary/aromatic N) is 2. The number of fused-ring (bicyclic) bond motifs is 1. The predicted molar refractivity (Wildman–Crippen MR) is 142 cm³/mol. The Balaban J connectivity index is 1.55. The minimum absolute atomic E-state index is 0.0573. The second-order valence-corrected chi connectivity index (χ2v) is 10.6. The van der Waals surface area contributed by atoms with Crippen LogP contribution in [0.3, 0.4) is 0 Å². The van der Waals surface area contributed by atoms with Gasteiger partial charge in [-0.2, -0.15) is 0 Å². The van der Waals surface area contributed by atoms with Gasteiger partial charge in [0.15, 0.2) is 0 Å². The topological polar surface area (TPSA) is 107 Å². The number of esters is 1. The number of carbonyl (C=O) groups is 1. The van der Waals surface area contributed by atoms with Gasteiger partial charge in [-0.15, -0.1) is 0 Å². The molecule has 0 N–H and O–H groups in total. The lowest BCUT2D eigenvalue weighted by molar-refractivity contribution is -0.384. The van der Waals surface area contributed by atoms with Crippen molar-refractivity contribution in [2.45, 2.75) is 31.8 Å². The van der Waals surface area contributed by atoms with Crippen LogP contribution in [0.25, 0.3) is 10.8 Å². The van der Waals surface area contributed by atoms with Crippen LogP contribution in [0.4, 0.5) is 11.4 Å². The maximum Gasteiger partial charge on any atom is 0.307 e. The third-order valence-electron chi connectivity index (χ3n) is 5.87. The Morgan fingerprint density at radius 3 is 2.19 bits per heavy atom. The van der Waals surface area contributed by atoms with Gasteiger partial charge in [0.05, 0.1) is 21.9 Å². The molecular formula is C28H26N2O6S. The summed E-state index contributed by atoms with van der Waals surface area (Å²) in [6, 6.07) is 23.6. The maximum absolute atomic E-state index is 13.8. The van der Waals surface area contributed by atoms with Crippen LogP contribution in [0.15, 0.2) is 89.8 Å². The minimum atomic E-state index is -3.99. The molecular weight excluding hydrogens is 492 g/mol. The Kier molecular flexibility index (Phi) is 7.54. The van der Waals surface area contributed by atoms with Crippen LogP contribution in [-0.4, -0.2) is 25.9 Å². The first-order chi connectivity index (χ1) is 17.6. The second kappa shape index (κ2) is 10.8. The third kappa shape index (κ3) is 6.13. The molecule has 0 spiro atoms. The largest absolute Gasteiger partial charge is 0.461 e. The van der Waals surface area contributed by atoms with Crippen LogP contribution >= 0.6 is 0 Å². The Morgan fingerprint density at radius 2 is 1.54 bits per heavy atom. The lowest BCUT2D eigenvalue weighted by atomic mass is 10.1. The van der Waals surface area contributed by atoms with Gasteiger partial charge >= 0.3 is 5.97 Å². The van der Waals surface area contributed by atoms with E-state index in [9.17, 15) is 23.3 Å². The van der Waals surface area contributed by atoms with Crippen LogP contribution in [0.5, 0.6) is 0 Å². The van der Waals surface area contributed by atoms with Gasteiger partial charge in [0.25, 0.3) is 15.7 Å². The molecule has 9 heteroatoms. The van der Waals surface area contributed by atoms with Gasteiger partial charge in [0, 0.05) is 18.7 Å². The highest BCUT2D eigenvalue weighted by molar-refractivity contribution is 7.92. The first-order valence-electron chi connectivity index (χ1n) is 11.6. The third-order valence-corrected chi connectivity index (χ3v) is 7.69. The van der Waals surface area contributed by atoms with Gasteiger partial charge in [-0.05, 0) is 77.7 Å². The summed E-state index contributed by atoms with van der Waals surface area (Å²) in [4.78, 5) is 23.0. The molecule has 0 aromatic heterocycles. The Labute approximate surface area is 215 Å². The lowest BCUT2D eigenvalue weighted by Gasteiger charge is -2.25. The predicted octanol–water partition coefficient (Wildman–Crippen LogP) is 5.69.